The summed E-state index contributed by atoms with van der Waals surface area (Å²) in [7, 11) is 0. The van der Waals surface area contributed by atoms with Gasteiger partial charge in [0.2, 0.25) is 5.91 Å². The van der Waals surface area contributed by atoms with Crippen LogP contribution in [0.3, 0.4) is 0 Å². The van der Waals surface area contributed by atoms with Gasteiger partial charge in [-0.25, -0.2) is 4.79 Å². The molecule has 208 valence electrons. The van der Waals surface area contributed by atoms with E-state index in [1.807, 2.05) is 65.0 Å². The molecule has 0 aliphatic heterocycles. The summed E-state index contributed by atoms with van der Waals surface area (Å²) in [5.41, 5.74) is 1.45. The minimum absolute atomic E-state index is 0.0113. The number of thiol groups is 1. The van der Waals surface area contributed by atoms with E-state index in [2.05, 4.69) is 23.3 Å². The highest BCUT2D eigenvalue weighted by Gasteiger charge is 2.41. The third-order valence-corrected chi connectivity index (χ3v) is 6.49. The zero-order chi connectivity index (χ0) is 28.8. The molecule has 0 saturated heterocycles. The normalized spacial score (nSPS) is 13.3. The Bertz CT molecular complexity index is 1120. The van der Waals surface area contributed by atoms with Crippen molar-refractivity contribution in [3.05, 3.63) is 64.2 Å². The van der Waals surface area contributed by atoms with Gasteiger partial charge in [-0.2, -0.15) is 12.6 Å². The molecular formula is C29H40ClN3O4S. The molecule has 2 N–H and O–H groups in total. The first-order chi connectivity index (χ1) is 17.6. The molecule has 0 aromatic heterocycles. The second-order valence-corrected chi connectivity index (χ2v) is 12.0. The van der Waals surface area contributed by atoms with E-state index < -0.39 is 41.1 Å². The number of rotatable bonds is 8. The Morgan fingerprint density at radius 1 is 1.03 bits per heavy atom. The van der Waals surface area contributed by atoms with Crippen molar-refractivity contribution in [1.29, 1.82) is 0 Å². The number of ether oxygens (including phenoxy) is 1. The molecule has 0 heterocycles. The summed E-state index contributed by atoms with van der Waals surface area (Å²) in [5, 5.41) is 5.97. The van der Waals surface area contributed by atoms with E-state index in [1.54, 1.807) is 32.9 Å². The van der Waals surface area contributed by atoms with Gasteiger partial charge in [0.15, 0.2) is 0 Å². The number of aryl methyl sites for hydroxylation is 2. The standard InChI is InChI=1S/C29H40ClN3O4S/c1-9-19-13-15-20(16-14-19)24(25(34)32-23-18(2)11-10-12-21(23)30)33(28(3,4)5)26(35)22(17-38)31-27(36)37-29(6,7)8/h10-16,22,24,38H,9,17H2,1-8H3,(H,31,36)(H,32,34). The molecule has 0 radical (unpaired) electrons. The Hall–Kier alpha value is -2.71. The molecule has 0 aliphatic rings. The highest BCUT2D eigenvalue weighted by atomic mass is 35.5. The Balaban J connectivity index is 2.58. The summed E-state index contributed by atoms with van der Waals surface area (Å²) >= 11 is 10.7. The van der Waals surface area contributed by atoms with Crippen molar-refractivity contribution >= 4 is 47.8 Å². The van der Waals surface area contributed by atoms with E-state index in [0.29, 0.717) is 16.3 Å². The maximum atomic E-state index is 14.1. The second kappa shape index (κ2) is 12.9. The molecule has 2 aromatic carbocycles. The molecule has 9 heteroatoms. The summed E-state index contributed by atoms with van der Waals surface area (Å²) in [6, 6.07) is 10.9. The van der Waals surface area contributed by atoms with E-state index in [-0.39, 0.29) is 5.75 Å². The number of carbonyl (C=O) groups is 3. The number of hydrogen-bond acceptors (Lipinski definition) is 5. The van der Waals surface area contributed by atoms with Crippen LogP contribution in [0, 0.1) is 6.92 Å². The predicted molar refractivity (Wildman–Crippen MR) is 157 cm³/mol. The fourth-order valence-electron chi connectivity index (χ4n) is 3.98. The minimum atomic E-state index is -1.03. The number of nitrogens with one attached hydrogen (secondary N) is 2. The van der Waals surface area contributed by atoms with Crippen LogP contribution in [-0.4, -0.2) is 45.7 Å². The molecule has 0 aliphatic carbocycles. The predicted octanol–water partition coefficient (Wildman–Crippen LogP) is 6.34. The summed E-state index contributed by atoms with van der Waals surface area (Å²) in [6.07, 6.45) is 0.0955. The Kier molecular flexibility index (Phi) is 10.7. The van der Waals surface area contributed by atoms with Gasteiger partial charge in [-0.15, -0.1) is 0 Å². The van der Waals surface area contributed by atoms with Crippen LogP contribution in [-0.2, 0) is 20.7 Å². The van der Waals surface area contributed by atoms with Gasteiger partial charge in [-0.1, -0.05) is 54.9 Å². The van der Waals surface area contributed by atoms with Gasteiger partial charge in [-0.3, -0.25) is 9.59 Å². The molecule has 7 nitrogen and oxygen atoms in total. The average molecular weight is 562 g/mol. The number of para-hydroxylation sites is 1. The third kappa shape index (κ3) is 8.40. The fourth-order valence-corrected chi connectivity index (χ4v) is 4.50. The minimum Gasteiger partial charge on any atom is -0.444 e. The fraction of sp³-hybridized carbons (Fsp3) is 0.483. The van der Waals surface area contributed by atoms with Gasteiger partial charge in [-0.05, 0) is 77.6 Å². The molecule has 2 unspecified atom stereocenters. The maximum Gasteiger partial charge on any atom is 0.408 e. The van der Waals surface area contributed by atoms with Gasteiger partial charge in [0.1, 0.15) is 17.7 Å². The van der Waals surface area contributed by atoms with Crippen molar-refractivity contribution in [3.63, 3.8) is 0 Å². The van der Waals surface area contributed by atoms with Crippen LogP contribution in [0.25, 0.3) is 0 Å². The summed E-state index contributed by atoms with van der Waals surface area (Å²) in [4.78, 5) is 42.1. The zero-order valence-electron chi connectivity index (χ0n) is 23.5. The van der Waals surface area contributed by atoms with Crippen LogP contribution < -0.4 is 10.6 Å². The number of nitrogens with zero attached hydrogens (tertiary/aromatic N) is 1. The highest BCUT2D eigenvalue weighted by molar-refractivity contribution is 7.80. The lowest BCUT2D eigenvalue weighted by molar-refractivity contribution is -0.146. The second-order valence-electron chi connectivity index (χ2n) is 11.2. The van der Waals surface area contributed by atoms with E-state index in [4.69, 9.17) is 16.3 Å². The van der Waals surface area contributed by atoms with Gasteiger partial charge >= 0.3 is 6.09 Å². The lowest BCUT2D eigenvalue weighted by Gasteiger charge is -2.43. The average Bonchev–Trinajstić information content (AvgIpc) is 2.81. The van der Waals surface area contributed by atoms with Crippen LogP contribution in [0.15, 0.2) is 42.5 Å². The van der Waals surface area contributed by atoms with E-state index in [1.165, 1.54) is 4.90 Å². The quantitative estimate of drug-likeness (QED) is 0.328. The number of amides is 3. The smallest absolute Gasteiger partial charge is 0.408 e. The molecule has 0 saturated carbocycles. The first-order valence-corrected chi connectivity index (χ1v) is 13.7. The Labute approximate surface area is 237 Å². The summed E-state index contributed by atoms with van der Waals surface area (Å²) in [6.45, 7) is 14.6. The monoisotopic (exact) mass is 561 g/mol. The number of halogens is 1. The zero-order valence-corrected chi connectivity index (χ0v) is 25.2. The van der Waals surface area contributed by atoms with E-state index in [9.17, 15) is 14.4 Å². The number of carbonyl (C=O) groups excluding carboxylic acids is 3. The van der Waals surface area contributed by atoms with Crippen molar-refractivity contribution < 1.29 is 19.1 Å². The number of hydrogen-bond donors (Lipinski definition) is 3. The topological polar surface area (TPSA) is 87.7 Å². The molecule has 2 atom stereocenters. The first-order valence-electron chi connectivity index (χ1n) is 12.7. The lowest BCUT2D eigenvalue weighted by atomic mass is 9.94. The molecule has 3 amide bonds. The molecular weight excluding hydrogens is 522 g/mol. The summed E-state index contributed by atoms with van der Waals surface area (Å²) in [5.74, 6) is -0.880. The van der Waals surface area contributed by atoms with Crippen LogP contribution in [0.2, 0.25) is 5.02 Å². The largest absolute Gasteiger partial charge is 0.444 e. The molecule has 0 spiro atoms. The summed E-state index contributed by atoms with van der Waals surface area (Å²) < 4.78 is 5.36. The molecule has 2 rings (SSSR count). The molecule has 2 aromatic rings. The van der Waals surface area contributed by atoms with Crippen LogP contribution in [0.5, 0.6) is 0 Å². The number of alkyl carbamates (subject to hydrolysis) is 1. The van der Waals surface area contributed by atoms with Crippen molar-refractivity contribution in [2.45, 2.75) is 85.0 Å². The lowest BCUT2D eigenvalue weighted by Crippen LogP contribution is -2.58. The van der Waals surface area contributed by atoms with Gasteiger partial charge in [0.05, 0.1) is 10.7 Å². The van der Waals surface area contributed by atoms with Gasteiger partial charge < -0.3 is 20.3 Å². The number of benzene rings is 2. The van der Waals surface area contributed by atoms with Crippen molar-refractivity contribution in [2.24, 2.45) is 0 Å². The maximum absolute atomic E-state index is 14.1. The Morgan fingerprint density at radius 2 is 1.63 bits per heavy atom. The Morgan fingerprint density at radius 3 is 2.11 bits per heavy atom. The van der Waals surface area contributed by atoms with Gasteiger partial charge in [0.25, 0.3) is 5.91 Å². The number of anilines is 1. The van der Waals surface area contributed by atoms with E-state index >= 15 is 0 Å². The van der Waals surface area contributed by atoms with Crippen molar-refractivity contribution in [2.75, 3.05) is 11.1 Å². The molecule has 38 heavy (non-hydrogen) atoms. The first kappa shape index (κ1) is 31.5. The van der Waals surface area contributed by atoms with E-state index in [0.717, 1.165) is 17.5 Å². The highest BCUT2D eigenvalue weighted by Crippen LogP contribution is 2.33. The third-order valence-electron chi connectivity index (χ3n) is 5.81. The SMILES string of the molecule is CCc1ccc(C(C(=O)Nc2c(C)cccc2Cl)N(C(=O)C(CS)NC(=O)OC(C)(C)C)C(C)(C)C)cc1. The van der Waals surface area contributed by atoms with Crippen LogP contribution in [0.4, 0.5) is 10.5 Å². The van der Waals surface area contributed by atoms with Crippen molar-refractivity contribution in [1.82, 2.24) is 10.2 Å². The molecule has 0 bridgehead atoms. The van der Waals surface area contributed by atoms with Gasteiger partial charge in [0, 0.05) is 11.3 Å². The molecule has 0 fully saturated rings. The van der Waals surface area contributed by atoms with Crippen LogP contribution >= 0.6 is 24.2 Å². The van der Waals surface area contributed by atoms with Crippen molar-refractivity contribution in [3.8, 4) is 0 Å². The van der Waals surface area contributed by atoms with Crippen LogP contribution in [0.1, 0.15) is 71.2 Å².